The fraction of sp³-hybridized carbons (Fsp3) is 0.389. The lowest BCUT2D eigenvalue weighted by Gasteiger charge is -2.21. The highest BCUT2D eigenvalue weighted by Crippen LogP contribution is 2.23. The average Bonchev–Trinajstić information content (AvgIpc) is 2.46. The van der Waals surface area contributed by atoms with Crippen LogP contribution in [0.2, 0.25) is 0 Å². The van der Waals surface area contributed by atoms with Gasteiger partial charge in [-0.1, -0.05) is 25.1 Å². The van der Waals surface area contributed by atoms with Crippen molar-refractivity contribution in [2.24, 2.45) is 0 Å². The Kier molecular flexibility index (Phi) is 5.45. The smallest absolute Gasteiger partial charge is 0.141 e. The molecule has 0 fully saturated rings. The van der Waals surface area contributed by atoms with Gasteiger partial charge in [0, 0.05) is 12.2 Å². The van der Waals surface area contributed by atoms with E-state index in [2.05, 4.69) is 49.3 Å². The lowest BCUT2D eigenvalue weighted by Crippen LogP contribution is -2.25. The Hall–Kier alpha value is -1.74. The molecule has 1 N–H and O–H groups in total. The minimum atomic E-state index is -0.280. The first-order valence-corrected chi connectivity index (χ1v) is 7.50. The van der Waals surface area contributed by atoms with E-state index in [4.69, 9.17) is 0 Å². The third-order valence-electron chi connectivity index (χ3n) is 3.82. The van der Waals surface area contributed by atoms with Gasteiger partial charge in [0.1, 0.15) is 5.82 Å². The minimum absolute atomic E-state index is 0.0907. The maximum atomic E-state index is 13.5. The monoisotopic (exact) mass is 286 g/mol. The lowest BCUT2D eigenvalue weighted by molar-refractivity contribution is 0.520. The van der Waals surface area contributed by atoms with Crippen LogP contribution in [0.3, 0.4) is 0 Å². The summed E-state index contributed by atoms with van der Waals surface area (Å²) in [6.45, 7) is 7.30. The Labute approximate surface area is 126 Å². The van der Waals surface area contributed by atoms with Crippen molar-refractivity contribution in [1.82, 2.24) is 10.3 Å². The molecule has 0 bridgehead atoms. The second-order valence-corrected chi connectivity index (χ2v) is 5.52. The molecule has 1 atom stereocenters. The van der Waals surface area contributed by atoms with E-state index < -0.39 is 0 Å². The number of nitrogens with zero attached hydrogens (tertiary/aromatic N) is 1. The first-order chi connectivity index (χ1) is 10.1. The van der Waals surface area contributed by atoms with E-state index in [0.717, 1.165) is 24.9 Å². The van der Waals surface area contributed by atoms with Crippen molar-refractivity contribution in [2.75, 3.05) is 6.54 Å². The molecule has 0 saturated carbocycles. The summed E-state index contributed by atoms with van der Waals surface area (Å²) in [5.41, 5.74) is 4.80. The topological polar surface area (TPSA) is 24.9 Å². The summed E-state index contributed by atoms with van der Waals surface area (Å²) in [7, 11) is 0. The largest absolute Gasteiger partial charge is 0.310 e. The van der Waals surface area contributed by atoms with E-state index in [1.807, 2.05) is 0 Å². The molecule has 0 aliphatic heterocycles. The number of rotatable bonds is 6. The van der Waals surface area contributed by atoms with Gasteiger partial charge in [0.05, 0.1) is 6.20 Å². The Morgan fingerprint density at radius 1 is 1.19 bits per heavy atom. The average molecular weight is 286 g/mol. The van der Waals surface area contributed by atoms with Crippen LogP contribution in [0.5, 0.6) is 0 Å². The molecule has 0 amide bonds. The number of aryl methyl sites for hydroxylation is 2. The van der Waals surface area contributed by atoms with Crippen molar-refractivity contribution >= 4 is 0 Å². The van der Waals surface area contributed by atoms with Gasteiger partial charge in [-0.05, 0) is 61.6 Å². The van der Waals surface area contributed by atoms with Crippen molar-refractivity contribution in [2.45, 2.75) is 39.7 Å². The molecule has 0 aliphatic carbocycles. The molecule has 0 aliphatic rings. The predicted octanol–water partition coefficient (Wildman–Crippen LogP) is 4.12. The van der Waals surface area contributed by atoms with Gasteiger partial charge in [0.2, 0.25) is 0 Å². The van der Waals surface area contributed by atoms with Gasteiger partial charge >= 0.3 is 0 Å². The fourth-order valence-electron chi connectivity index (χ4n) is 2.62. The minimum Gasteiger partial charge on any atom is -0.310 e. The fourth-order valence-corrected chi connectivity index (χ4v) is 2.62. The third-order valence-corrected chi connectivity index (χ3v) is 3.82. The molecule has 0 spiro atoms. The molecule has 1 heterocycles. The maximum absolute atomic E-state index is 13.5. The molecule has 2 rings (SSSR count). The summed E-state index contributed by atoms with van der Waals surface area (Å²) in [5, 5.41) is 3.51. The molecule has 21 heavy (non-hydrogen) atoms. The lowest BCUT2D eigenvalue weighted by atomic mass is 9.93. The summed E-state index contributed by atoms with van der Waals surface area (Å²) in [6.07, 6.45) is 4.90. The van der Waals surface area contributed by atoms with Crippen molar-refractivity contribution in [3.63, 3.8) is 0 Å². The van der Waals surface area contributed by atoms with E-state index in [0.29, 0.717) is 0 Å². The zero-order valence-corrected chi connectivity index (χ0v) is 13.0. The van der Waals surface area contributed by atoms with Gasteiger partial charge < -0.3 is 5.32 Å². The van der Waals surface area contributed by atoms with Gasteiger partial charge in [-0.15, -0.1) is 0 Å². The molecule has 1 aromatic heterocycles. The van der Waals surface area contributed by atoms with Gasteiger partial charge in [0.15, 0.2) is 0 Å². The van der Waals surface area contributed by atoms with Crippen LogP contribution in [-0.4, -0.2) is 11.5 Å². The zero-order chi connectivity index (χ0) is 15.2. The Morgan fingerprint density at radius 2 is 1.90 bits per heavy atom. The van der Waals surface area contributed by atoms with Crippen LogP contribution < -0.4 is 5.32 Å². The van der Waals surface area contributed by atoms with Crippen LogP contribution in [0.4, 0.5) is 4.39 Å². The molecule has 1 aromatic carbocycles. The first-order valence-electron chi connectivity index (χ1n) is 7.50. The number of aromatic nitrogens is 1. The van der Waals surface area contributed by atoms with Crippen molar-refractivity contribution in [3.8, 4) is 0 Å². The van der Waals surface area contributed by atoms with Crippen LogP contribution in [0.15, 0.2) is 36.7 Å². The van der Waals surface area contributed by atoms with E-state index in [9.17, 15) is 4.39 Å². The molecule has 2 nitrogen and oxygen atoms in total. The molecule has 2 aromatic rings. The SMILES string of the molecule is CCCNC(Cc1c(C)cccc1C)c1cncc(F)c1. The van der Waals surface area contributed by atoms with E-state index in [1.165, 1.54) is 22.9 Å². The van der Waals surface area contributed by atoms with Gasteiger partial charge in [-0.2, -0.15) is 0 Å². The highest BCUT2D eigenvalue weighted by Gasteiger charge is 2.15. The number of pyridine rings is 1. The van der Waals surface area contributed by atoms with Crippen LogP contribution in [0.25, 0.3) is 0 Å². The molecular weight excluding hydrogens is 263 g/mol. The summed E-state index contributed by atoms with van der Waals surface area (Å²) in [4.78, 5) is 3.98. The second-order valence-electron chi connectivity index (χ2n) is 5.52. The standard InChI is InChI=1S/C18H23FN2/c1-4-8-21-18(15-9-16(19)12-20-11-15)10-17-13(2)6-5-7-14(17)3/h5-7,9,11-12,18,21H,4,8,10H2,1-3H3. The van der Waals surface area contributed by atoms with Crippen molar-refractivity contribution < 1.29 is 4.39 Å². The summed E-state index contributed by atoms with van der Waals surface area (Å²) in [6, 6.07) is 8.00. The summed E-state index contributed by atoms with van der Waals surface area (Å²) < 4.78 is 13.5. The normalized spacial score (nSPS) is 12.4. The summed E-state index contributed by atoms with van der Waals surface area (Å²) >= 11 is 0. The number of nitrogens with one attached hydrogen (secondary N) is 1. The highest BCUT2D eigenvalue weighted by atomic mass is 19.1. The Balaban J connectivity index is 2.28. The molecule has 0 saturated heterocycles. The van der Waals surface area contributed by atoms with E-state index >= 15 is 0 Å². The van der Waals surface area contributed by atoms with E-state index in [-0.39, 0.29) is 11.9 Å². The maximum Gasteiger partial charge on any atom is 0.141 e. The quantitative estimate of drug-likeness (QED) is 0.864. The predicted molar refractivity (Wildman–Crippen MR) is 84.8 cm³/mol. The van der Waals surface area contributed by atoms with Gasteiger partial charge in [-0.25, -0.2) is 4.39 Å². The van der Waals surface area contributed by atoms with E-state index in [1.54, 1.807) is 12.3 Å². The first kappa shape index (κ1) is 15.6. The Morgan fingerprint density at radius 3 is 2.52 bits per heavy atom. The molecule has 1 unspecified atom stereocenters. The van der Waals surface area contributed by atoms with Crippen LogP contribution >= 0.6 is 0 Å². The number of hydrogen-bond donors (Lipinski definition) is 1. The summed E-state index contributed by atoms with van der Waals surface area (Å²) in [5.74, 6) is -0.280. The molecule has 112 valence electrons. The third kappa shape index (κ3) is 4.11. The van der Waals surface area contributed by atoms with Crippen molar-refractivity contribution in [1.29, 1.82) is 0 Å². The Bertz CT molecular complexity index is 575. The second kappa shape index (κ2) is 7.32. The molecule has 0 radical (unpaired) electrons. The van der Waals surface area contributed by atoms with Crippen LogP contribution in [-0.2, 0) is 6.42 Å². The van der Waals surface area contributed by atoms with Gasteiger partial charge in [-0.3, -0.25) is 4.98 Å². The van der Waals surface area contributed by atoms with Crippen LogP contribution in [0.1, 0.15) is 41.6 Å². The van der Waals surface area contributed by atoms with Gasteiger partial charge in [0.25, 0.3) is 0 Å². The number of halogens is 1. The number of hydrogen-bond acceptors (Lipinski definition) is 2. The number of benzene rings is 1. The highest BCUT2D eigenvalue weighted by molar-refractivity contribution is 5.35. The van der Waals surface area contributed by atoms with Crippen LogP contribution in [0, 0.1) is 19.7 Å². The zero-order valence-electron chi connectivity index (χ0n) is 13.0. The molecule has 3 heteroatoms. The molecular formula is C18H23FN2. The van der Waals surface area contributed by atoms with Crippen molar-refractivity contribution in [3.05, 3.63) is 64.7 Å².